The molecule has 0 bridgehead atoms. The van der Waals surface area contributed by atoms with Crippen LogP contribution in [0.1, 0.15) is 16.8 Å². The Kier molecular flexibility index (Phi) is 2.33. The largest absolute Gasteiger partial charge is 0.347 e. The molecule has 0 fully saturated rings. The lowest BCUT2D eigenvalue weighted by molar-refractivity contribution is 0.622. The minimum Gasteiger partial charge on any atom is -0.347 e. The van der Waals surface area contributed by atoms with Crippen molar-refractivity contribution in [3.05, 3.63) is 33.4 Å². The van der Waals surface area contributed by atoms with E-state index in [0.29, 0.717) is 0 Å². The molecule has 84 valence electrons. The average molecular weight is 279 g/mol. The lowest BCUT2D eigenvalue weighted by atomic mass is 10.0. The third-order valence-electron chi connectivity index (χ3n) is 3.52. The molecule has 0 aliphatic carbocycles. The number of hydrogen-bond acceptors (Lipinski definition) is 1. The maximum Gasteiger partial charge on any atom is 0.0513 e. The van der Waals surface area contributed by atoms with Gasteiger partial charge in [0.1, 0.15) is 0 Å². The van der Waals surface area contributed by atoms with E-state index < -0.39 is 0 Å². The molecular formula is C13H15BrN2. The Morgan fingerprint density at radius 1 is 1.38 bits per heavy atom. The first-order valence-electron chi connectivity index (χ1n) is 5.65. The quantitative estimate of drug-likeness (QED) is 0.784. The molecule has 0 saturated heterocycles. The first kappa shape index (κ1) is 10.4. The van der Waals surface area contributed by atoms with Gasteiger partial charge in [-0.15, -0.1) is 0 Å². The van der Waals surface area contributed by atoms with E-state index in [0.717, 1.165) is 19.5 Å². The highest BCUT2D eigenvalue weighted by atomic mass is 79.9. The molecule has 2 heterocycles. The Bertz CT molecular complexity index is 569. The van der Waals surface area contributed by atoms with Crippen molar-refractivity contribution in [3.63, 3.8) is 0 Å². The summed E-state index contributed by atoms with van der Waals surface area (Å²) < 4.78 is 3.55. The van der Waals surface area contributed by atoms with Crippen molar-refractivity contribution in [2.24, 2.45) is 7.05 Å². The van der Waals surface area contributed by atoms with Crippen molar-refractivity contribution in [3.8, 4) is 0 Å². The number of hydrogen-bond donors (Lipinski definition) is 1. The smallest absolute Gasteiger partial charge is 0.0513 e. The van der Waals surface area contributed by atoms with Crippen LogP contribution in [-0.4, -0.2) is 11.1 Å². The molecule has 1 N–H and O–H groups in total. The standard InChI is InChI=1S/C13H15BrN2/c1-8-5-9(14)6-10-11-7-15-4-3-12(11)16(2)13(8)10/h5-6,15H,3-4,7H2,1-2H3. The molecule has 2 nitrogen and oxygen atoms in total. The van der Waals surface area contributed by atoms with Crippen LogP contribution in [0.2, 0.25) is 0 Å². The maximum atomic E-state index is 3.59. The van der Waals surface area contributed by atoms with Crippen LogP contribution in [0.3, 0.4) is 0 Å². The van der Waals surface area contributed by atoms with E-state index in [1.54, 1.807) is 0 Å². The first-order chi connectivity index (χ1) is 7.68. The van der Waals surface area contributed by atoms with Gasteiger partial charge in [0.2, 0.25) is 0 Å². The molecule has 0 radical (unpaired) electrons. The van der Waals surface area contributed by atoms with Crippen LogP contribution in [0.15, 0.2) is 16.6 Å². The van der Waals surface area contributed by atoms with Gasteiger partial charge < -0.3 is 9.88 Å². The van der Waals surface area contributed by atoms with E-state index in [1.807, 2.05) is 0 Å². The van der Waals surface area contributed by atoms with E-state index in [-0.39, 0.29) is 0 Å². The van der Waals surface area contributed by atoms with Crippen LogP contribution in [0.5, 0.6) is 0 Å². The third kappa shape index (κ3) is 1.35. The fourth-order valence-corrected chi connectivity index (χ4v) is 3.41. The summed E-state index contributed by atoms with van der Waals surface area (Å²) in [6, 6.07) is 4.44. The van der Waals surface area contributed by atoms with E-state index in [9.17, 15) is 0 Å². The molecule has 0 amide bonds. The van der Waals surface area contributed by atoms with Gasteiger partial charge in [0.25, 0.3) is 0 Å². The number of rotatable bonds is 0. The highest BCUT2D eigenvalue weighted by Crippen LogP contribution is 2.32. The van der Waals surface area contributed by atoms with Crippen LogP contribution >= 0.6 is 15.9 Å². The Hall–Kier alpha value is -0.800. The summed E-state index contributed by atoms with van der Waals surface area (Å²) in [5.41, 5.74) is 5.71. The Morgan fingerprint density at radius 2 is 2.19 bits per heavy atom. The monoisotopic (exact) mass is 278 g/mol. The SMILES string of the molecule is Cc1cc(Br)cc2c3c(n(C)c12)CCNC3. The second-order valence-corrected chi connectivity index (χ2v) is 5.45. The van der Waals surface area contributed by atoms with Crippen molar-refractivity contribution in [2.75, 3.05) is 6.54 Å². The van der Waals surface area contributed by atoms with Crippen molar-refractivity contribution >= 4 is 26.8 Å². The molecule has 1 aromatic heterocycles. The zero-order valence-electron chi connectivity index (χ0n) is 9.60. The maximum absolute atomic E-state index is 3.59. The van der Waals surface area contributed by atoms with Gasteiger partial charge in [0, 0.05) is 42.1 Å². The van der Waals surface area contributed by atoms with Gasteiger partial charge >= 0.3 is 0 Å². The average Bonchev–Trinajstić information content (AvgIpc) is 2.54. The minimum absolute atomic E-state index is 1.00. The first-order valence-corrected chi connectivity index (χ1v) is 6.45. The van der Waals surface area contributed by atoms with Gasteiger partial charge in [-0.25, -0.2) is 0 Å². The van der Waals surface area contributed by atoms with E-state index in [4.69, 9.17) is 0 Å². The van der Waals surface area contributed by atoms with Gasteiger partial charge in [-0.1, -0.05) is 15.9 Å². The van der Waals surface area contributed by atoms with Crippen molar-refractivity contribution in [1.82, 2.24) is 9.88 Å². The summed E-state index contributed by atoms with van der Waals surface area (Å²) in [5.74, 6) is 0. The zero-order valence-corrected chi connectivity index (χ0v) is 11.2. The van der Waals surface area contributed by atoms with E-state index in [1.165, 1.54) is 32.2 Å². The number of aromatic nitrogens is 1. The summed E-state index contributed by atoms with van der Waals surface area (Å²) in [6.45, 7) is 4.28. The molecule has 1 aliphatic rings. The molecule has 1 aromatic carbocycles. The lowest BCUT2D eigenvalue weighted by Crippen LogP contribution is -2.24. The van der Waals surface area contributed by atoms with Crippen LogP contribution in [-0.2, 0) is 20.0 Å². The zero-order chi connectivity index (χ0) is 11.3. The summed E-state index contributed by atoms with van der Waals surface area (Å²) in [6.07, 6.45) is 1.14. The third-order valence-corrected chi connectivity index (χ3v) is 3.98. The van der Waals surface area contributed by atoms with Gasteiger partial charge in [-0.05, 0) is 30.2 Å². The summed E-state index contributed by atoms with van der Waals surface area (Å²) >= 11 is 3.59. The normalized spacial score (nSPS) is 15.4. The van der Waals surface area contributed by atoms with Crippen molar-refractivity contribution in [1.29, 1.82) is 0 Å². The fraction of sp³-hybridized carbons (Fsp3) is 0.385. The second-order valence-electron chi connectivity index (χ2n) is 4.53. The predicted octanol–water partition coefficient (Wildman–Crippen LogP) is 2.89. The minimum atomic E-state index is 1.00. The molecule has 3 rings (SSSR count). The Labute approximate surface area is 104 Å². The predicted molar refractivity (Wildman–Crippen MR) is 70.8 cm³/mol. The van der Waals surface area contributed by atoms with Crippen LogP contribution in [0, 0.1) is 6.92 Å². The summed E-state index contributed by atoms with van der Waals surface area (Å²) in [7, 11) is 2.19. The summed E-state index contributed by atoms with van der Waals surface area (Å²) in [5, 5.41) is 4.86. The van der Waals surface area contributed by atoms with E-state index in [2.05, 4.69) is 51.9 Å². The molecule has 0 spiro atoms. The van der Waals surface area contributed by atoms with Gasteiger partial charge in [-0.2, -0.15) is 0 Å². The molecule has 2 aromatic rings. The molecule has 16 heavy (non-hydrogen) atoms. The molecule has 1 aliphatic heterocycles. The molecule has 0 unspecified atom stereocenters. The molecular weight excluding hydrogens is 264 g/mol. The Balaban J connectivity index is 2.44. The topological polar surface area (TPSA) is 17.0 Å². The summed E-state index contributed by atoms with van der Waals surface area (Å²) in [4.78, 5) is 0. The van der Waals surface area contributed by atoms with Crippen molar-refractivity contribution in [2.45, 2.75) is 19.9 Å². The van der Waals surface area contributed by atoms with E-state index >= 15 is 0 Å². The fourth-order valence-electron chi connectivity index (χ4n) is 2.84. The Morgan fingerprint density at radius 3 is 3.00 bits per heavy atom. The second kappa shape index (κ2) is 3.60. The highest BCUT2D eigenvalue weighted by molar-refractivity contribution is 9.10. The molecule has 0 saturated carbocycles. The number of halogens is 1. The van der Waals surface area contributed by atoms with Crippen molar-refractivity contribution < 1.29 is 0 Å². The highest BCUT2D eigenvalue weighted by Gasteiger charge is 2.19. The van der Waals surface area contributed by atoms with Crippen LogP contribution < -0.4 is 5.32 Å². The van der Waals surface area contributed by atoms with Gasteiger partial charge in [-0.3, -0.25) is 0 Å². The van der Waals surface area contributed by atoms with Gasteiger partial charge in [0.15, 0.2) is 0 Å². The number of benzene rings is 1. The number of fused-ring (bicyclic) bond motifs is 3. The van der Waals surface area contributed by atoms with Crippen LogP contribution in [0.4, 0.5) is 0 Å². The molecule has 0 atom stereocenters. The molecule has 3 heteroatoms. The van der Waals surface area contributed by atoms with Crippen LogP contribution in [0.25, 0.3) is 10.9 Å². The number of aryl methyl sites for hydroxylation is 2. The lowest BCUT2D eigenvalue weighted by Gasteiger charge is -2.14. The number of nitrogens with one attached hydrogen (secondary N) is 1. The number of nitrogens with zero attached hydrogens (tertiary/aromatic N) is 1. The van der Waals surface area contributed by atoms with Gasteiger partial charge in [0.05, 0.1) is 5.52 Å².